The number of carbonyl (C=O) groups is 1. The van der Waals surface area contributed by atoms with Gasteiger partial charge in [0.1, 0.15) is 0 Å². The molecule has 1 amide bonds. The van der Waals surface area contributed by atoms with Crippen LogP contribution in [-0.2, 0) is 11.2 Å². The van der Waals surface area contributed by atoms with E-state index < -0.39 is 0 Å². The number of amides is 1. The molecule has 1 fully saturated rings. The minimum absolute atomic E-state index is 0.0526. The second-order valence-electron chi connectivity index (χ2n) is 4.56. The number of nitrogens with zero attached hydrogens (tertiary/aromatic N) is 1. The van der Waals surface area contributed by atoms with Crippen molar-refractivity contribution < 1.29 is 9.90 Å². The maximum atomic E-state index is 12.2. The molecular formula is C14H19NO2. The molecule has 0 spiro atoms. The van der Waals surface area contributed by atoms with Gasteiger partial charge in [-0.25, -0.2) is 0 Å². The van der Waals surface area contributed by atoms with Crippen molar-refractivity contribution in [2.24, 2.45) is 0 Å². The highest BCUT2D eigenvalue weighted by atomic mass is 16.3. The number of carbonyl (C=O) groups excluding carboxylic acids is 1. The van der Waals surface area contributed by atoms with Crippen LogP contribution in [0.1, 0.15) is 24.8 Å². The van der Waals surface area contributed by atoms with Crippen molar-refractivity contribution in [1.29, 1.82) is 0 Å². The lowest BCUT2D eigenvalue weighted by molar-refractivity contribution is -0.135. The average Bonchev–Trinajstić information content (AvgIpc) is 2.27. The first-order chi connectivity index (χ1) is 8.31. The Hall–Kier alpha value is -1.35. The second-order valence-corrected chi connectivity index (χ2v) is 4.56. The van der Waals surface area contributed by atoms with E-state index in [1.54, 1.807) is 0 Å². The van der Waals surface area contributed by atoms with E-state index in [0.717, 1.165) is 18.4 Å². The lowest BCUT2D eigenvalue weighted by atomic mass is 9.91. The zero-order valence-corrected chi connectivity index (χ0v) is 10.0. The van der Waals surface area contributed by atoms with Crippen molar-refractivity contribution in [2.75, 3.05) is 13.2 Å². The molecule has 1 aromatic rings. The minimum Gasteiger partial charge on any atom is -0.395 e. The number of aliphatic hydroxyl groups excluding tert-OH is 1. The Morgan fingerprint density at radius 2 is 2.00 bits per heavy atom. The van der Waals surface area contributed by atoms with Crippen LogP contribution >= 0.6 is 0 Å². The number of hydrogen-bond donors (Lipinski definition) is 1. The fourth-order valence-corrected chi connectivity index (χ4v) is 2.19. The van der Waals surface area contributed by atoms with Gasteiger partial charge in [-0.15, -0.1) is 0 Å². The highest BCUT2D eigenvalue weighted by molar-refractivity contribution is 5.79. The average molecular weight is 233 g/mol. The molecule has 0 bridgehead atoms. The van der Waals surface area contributed by atoms with Gasteiger partial charge in [-0.2, -0.15) is 0 Å². The first-order valence-corrected chi connectivity index (χ1v) is 6.25. The molecule has 3 nitrogen and oxygen atoms in total. The molecule has 0 saturated heterocycles. The Kier molecular flexibility index (Phi) is 4.15. The maximum Gasteiger partial charge on any atom is 0.227 e. The molecule has 92 valence electrons. The molecule has 0 unspecified atom stereocenters. The van der Waals surface area contributed by atoms with E-state index in [1.165, 1.54) is 6.42 Å². The Morgan fingerprint density at radius 1 is 1.29 bits per heavy atom. The third-order valence-electron chi connectivity index (χ3n) is 3.37. The van der Waals surface area contributed by atoms with Crippen molar-refractivity contribution in [3.8, 4) is 0 Å². The van der Waals surface area contributed by atoms with Crippen LogP contribution in [-0.4, -0.2) is 35.1 Å². The standard InChI is InChI=1S/C14H19NO2/c16-10-9-15(13-7-4-8-13)14(17)11-12-5-2-1-3-6-12/h1-3,5-6,13,16H,4,7-11H2. The molecule has 0 atom stereocenters. The lowest BCUT2D eigenvalue weighted by Gasteiger charge is -2.37. The van der Waals surface area contributed by atoms with Gasteiger partial charge in [0.2, 0.25) is 5.91 Å². The number of aliphatic hydroxyl groups is 1. The third kappa shape index (κ3) is 3.07. The SMILES string of the molecule is O=C(Cc1ccccc1)N(CCO)C1CCC1. The van der Waals surface area contributed by atoms with Crippen molar-refractivity contribution >= 4 is 5.91 Å². The van der Waals surface area contributed by atoms with Gasteiger partial charge in [0.05, 0.1) is 13.0 Å². The Bertz CT molecular complexity index is 360. The van der Waals surface area contributed by atoms with E-state index in [2.05, 4.69) is 0 Å². The number of benzene rings is 1. The van der Waals surface area contributed by atoms with E-state index >= 15 is 0 Å². The van der Waals surface area contributed by atoms with Gasteiger partial charge in [-0.05, 0) is 24.8 Å². The summed E-state index contributed by atoms with van der Waals surface area (Å²) < 4.78 is 0. The van der Waals surface area contributed by atoms with E-state index in [-0.39, 0.29) is 12.5 Å². The predicted octanol–water partition coefficient (Wildman–Crippen LogP) is 1.60. The summed E-state index contributed by atoms with van der Waals surface area (Å²) in [4.78, 5) is 14.0. The van der Waals surface area contributed by atoms with Gasteiger partial charge in [-0.1, -0.05) is 30.3 Å². The van der Waals surface area contributed by atoms with Crippen molar-refractivity contribution in [2.45, 2.75) is 31.7 Å². The van der Waals surface area contributed by atoms with E-state index in [1.807, 2.05) is 35.2 Å². The van der Waals surface area contributed by atoms with Gasteiger partial charge < -0.3 is 10.0 Å². The molecule has 0 aliphatic heterocycles. The molecule has 3 heteroatoms. The molecular weight excluding hydrogens is 214 g/mol. The minimum atomic E-state index is 0.0526. The van der Waals surface area contributed by atoms with Gasteiger partial charge in [0.25, 0.3) is 0 Å². The zero-order valence-electron chi connectivity index (χ0n) is 10.0. The Balaban J connectivity index is 1.96. The van der Waals surface area contributed by atoms with E-state index in [0.29, 0.717) is 19.0 Å². The highest BCUT2D eigenvalue weighted by Crippen LogP contribution is 2.25. The predicted molar refractivity (Wildman–Crippen MR) is 66.6 cm³/mol. The molecule has 2 rings (SSSR count). The maximum absolute atomic E-state index is 12.2. The first-order valence-electron chi connectivity index (χ1n) is 6.25. The number of rotatable bonds is 5. The lowest BCUT2D eigenvalue weighted by Crippen LogP contribution is -2.46. The Morgan fingerprint density at radius 3 is 2.53 bits per heavy atom. The van der Waals surface area contributed by atoms with Crippen molar-refractivity contribution in [3.05, 3.63) is 35.9 Å². The normalized spacial score (nSPS) is 15.4. The summed E-state index contributed by atoms with van der Waals surface area (Å²) in [5.74, 6) is 0.134. The van der Waals surface area contributed by atoms with Crippen LogP contribution in [0.2, 0.25) is 0 Å². The molecule has 1 aromatic carbocycles. The molecule has 0 heterocycles. The summed E-state index contributed by atoms with van der Waals surface area (Å²) in [5, 5.41) is 9.03. The number of hydrogen-bond acceptors (Lipinski definition) is 2. The first kappa shape index (κ1) is 12.1. The van der Waals surface area contributed by atoms with E-state index in [9.17, 15) is 4.79 Å². The van der Waals surface area contributed by atoms with Crippen LogP contribution in [0.5, 0.6) is 0 Å². The Labute approximate surface area is 102 Å². The van der Waals surface area contributed by atoms with Gasteiger partial charge in [-0.3, -0.25) is 4.79 Å². The van der Waals surface area contributed by atoms with Gasteiger partial charge in [0, 0.05) is 12.6 Å². The van der Waals surface area contributed by atoms with Crippen LogP contribution in [0.4, 0.5) is 0 Å². The topological polar surface area (TPSA) is 40.5 Å². The van der Waals surface area contributed by atoms with Gasteiger partial charge >= 0.3 is 0 Å². The van der Waals surface area contributed by atoms with Crippen LogP contribution in [0.3, 0.4) is 0 Å². The molecule has 17 heavy (non-hydrogen) atoms. The van der Waals surface area contributed by atoms with E-state index in [4.69, 9.17) is 5.11 Å². The fourth-order valence-electron chi connectivity index (χ4n) is 2.19. The molecule has 1 N–H and O–H groups in total. The summed E-state index contributed by atoms with van der Waals surface area (Å²) in [6.45, 7) is 0.521. The zero-order chi connectivity index (χ0) is 12.1. The van der Waals surface area contributed by atoms with Gasteiger partial charge in [0.15, 0.2) is 0 Å². The summed E-state index contributed by atoms with van der Waals surface area (Å²) in [6.07, 6.45) is 3.81. The fraction of sp³-hybridized carbons (Fsp3) is 0.500. The van der Waals surface area contributed by atoms with Crippen LogP contribution < -0.4 is 0 Å². The monoisotopic (exact) mass is 233 g/mol. The van der Waals surface area contributed by atoms with Crippen molar-refractivity contribution in [1.82, 2.24) is 4.90 Å². The molecule has 1 aliphatic carbocycles. The summed E-state index contributed by atoms with van der Waals surface area (Å²) in [5.41, 5.74) is 1.04. The van der Waals surface area contributed by atoms with Crippen LogP contribution in [0.15, 0.2) is 30.3 Å². The summed E-state index contributed by atoms with van der Waals surface area (Å²) in [6, 6.07) is 10.1. The largest absolute Gasteiger partial charge is 0.395 e. The molecule has 1 aliphatic rings. The van der Waals surface area contributed by atoms with Crippen LogP contribution in [0, 0.1) is 0 Å². The second kappa shape index (κ2) is 5.82. The molecule has 0 radical (unpaired) electrons. The molecule has 1 saturated carbocycles. The van der Waals surface area contributed by atoms with Crippen LogP contribution in [0.25, 0.3) is 0 Å². The van der Waals surface area contributed by atoms with Crippen molar-refractivity contribution in [3.63, 3.8) is 0 Å². The third-order valence-corrected chi connectivity index (χ3v) is 3.37. The summed E-state index contributed by atoms with van der Waals surface area (Å²) in [7, 11) is 0. The quantitative estimate of drug-likeness (QED) is 0.839. The highest BCUT2D eigenvalue weighted by Gasteiger charge is 2.27. The smallest absolute Gasteiger partial charge is 0.227 e. The summed E-state index contributed by atoms with van der Waals surface area (Å²) >= 11 is 0. The molecule has 0 aromatic heterocycles.